The summed E-state index contributed by atoms with van der Waals surface area (Å²) in [4.78, 5) is 12.4. The number of aromatic nitrogens is 2. The summed E-state index contributed by atoms with van der Waals surface area (Å²) < 4.78 is 10.0. The predicted molar refractivity (Wildman–Crippen MR) is 90.4 cm³/mol. The summed E-state index contributed by atoms with van der Waals surface area (Å²) in [6.45, 7) is 1.91. The molecule has 1 N–H and O–H groups in total. The molecular formula is C17H14ClN3O3. The summed E-state index contributed by atoms with van der Waals surface area (Å²) in [7, 11) is 1.61. The van der Waals surface area contributed by atoms with Gasteiger partial charge in [0.25, 0.3) is 5.91 Å². The van der Waals surface area contributed by atoms with Crippen LogP contribution in [0.1, 0.15) is 15.9 Å². The summed E-state index contributed by atoms with van der Waals surface area (Å²) in [6, 6.07) is 12.3. The molecule has 0 aliphatic rings. The molecule has 2 aromatic carbocycles. The molecule has 0 saturated carbocycles. The van der Waals surface area contributed by atoms with Crippen LogP contribution in [-0.4, -0.2) is 23.3 Å². The first-order chi connectivity index (χ1) is 11.6. The average molecular weight is 344 g/mol. The van der Waals surface area contributed by atoms with E-state index in [9.17, 15) is 4.79 Å². The Morgan fingerprint density at radius 1 is 1.21 bits per heavy atom. The molecule has 3 aromatic rings. The van der Waals surface area contributed by atoms with Crippen molar-refractivity contribution in [2.75, 3.05) is 12.4 Å². The first-order valence-corrected chi connectivity index (χ1v) is 7.51. The molecule has 1 heterocycles. The van der Waals surface area contributed by atoms with E-state index in [1.54, 1.807) is 31.4 Å². The number of hydrogen-bond donors (Lipinski definition) is 1. The Bertz CT molecular complexity index is 892. The first-order valence-electron chi connectivity index (χ1n) is 7.13. The standard InChI is InChI=1S/C17H14ClN3O3/c1-10-9-11(7-8-14(10)23-2)15-16(21-24-20-15)19-17(22)12-5-3-4-6-13(12)18/h3-9H,1-2H3,(H,19,21,22). The lowest BCUT2D eigenvalue weighted by Gasteiger charge is -2.07. The fraction of sp³-hybridized carbons (Fsp3) is 0.118. The van der Waals surface area contributed by atoms with E-state index in [-0.39, 0.29) is 11.7 Å². The maximum atomic E-state index is 12.4. The maximum Gasteiger partial charge on any atom is 0.258 e. The highest BCUT2D eigenvalue weighted by atomic mass is 35.5. The molecule has 7 heteroatoms. The van der Waals surface area contributed by atoms with Crippen molar-refractivity contribution < 1.29 is 14.2 Å². The number of halogens is 1. The second kappa shape index (κ2) is 6.72. The van der Waals surface area contributed by atoms with Gasteiger partial charge in [0.05, 0.1) is 17.7 Å². The number of nitrogens with zero attached hydrogens (tertiary/aromatic N) is 2. The summed E-state index contributed by atoms with van der Waals surface area (Å²) in [5.74, 6) is 0.601. The fourth-order valence-electron chi connectivity index (χ4n) is 2.31. The topological polar surface area (TPSA) is 77.2 Å². The number of amides is 1. The van der Waals surface area contributed by atoms with Gasteiger partial charge < -0.3 is 10.1 Å². The van der Waals surface area contributed by atoms with Crippen LogP contribution in [-0.2, 0) is 0 Å². The second-order valence-corrected chi connectivity index (χ2v) is 5.49. The van der Waals surface area contributed by atoms with E-state index in [1.165, 1.54) is 0 Å². The second-order valence-electron chi connectivity index (χ2n) is 5.08. The number of carbonyl (C=O) groups excluding carboxylic acids is 1. The van der Waals surface area contributed by atoms with Crippen molar-refractivity contribution in [2.45, 2.75) is 6.92 Å². The van der Waals surface area contributed by atoms with Crippen LogP contribution < -0.4 is 10.1 Å². The third-order valence-corrected chi connectivity index (χ3v) is 3.84. The normalized spacial score (nSPS) is 10.5. The number of carbonyl (C=O) groups is 1. The Balaban J connectivity index is 1.90. The van der Waals surface area contributed by atoms with Gasteiger partial charge in [-0.3, -0.25) is 4.79 Å². The zero-order valence-electron chi connectivity index (χ0n) is 13.0. The highest BCUT2D eigenvalue weighted by Gasteiger charge is 2.18. The van der Waals surface area contributed by atoms with E-state index in [2.05, 4.69) is 15.6 Å². The van der Waals surface area contributed by atoms with Crippen LogP contribution in [0.15, 0.2) is 47.1 Å². The Kier molecular flexibility index (Phi) is 4.48. The maximum absolute atomic E-state index is 12.4. The molecule has 24 heavy (non-hydrogen) atoms. The zero-order chi connectivity index (χ0) is 17.1. The van der Waals surface area contributed by atoms with Crippen molar-refractivity contribution in [1.29, 1.82) is 0 Å². The molecule has 0 saturated heterocycles. The third-order valence-electron chi connectivity index (χ3n) is 3.51. The van der Waals surface area contributed by atoms with Crippen molar-refractivity contribution in [3.63, 3.8) is 0 Å². The smallest absolute Gasteiger partial charge is 0.258 e. The summed E-state index contributed by atoms with van der Waals surface area (Å²) in [6.07, 6.45) is 0. The van der Waals surface area contributed by atoms with Gasteiger partial charge in [-0.25, -0.2) is 4.63 Å². The molecule has 0 fully saturated rings. The Labute approximate surface area is 143 Å². The summed E-state index contributed by atoms with van der Waals surface area (Å²) in [5, 5.41) is 10.7. The highest BCUT2D eigenvalue weighted by molar-refractivity contribution is 6.34. The number of anilines is 1. The Hall–Kier alpha value is -2.86. The van der Waals surface area contributed by atoms with E-state index in [0.29, 0.717) is 16.3 Å². The van der Waals surface area contributed by atoms with Crippen LogP contribution >= 0.6 is 11.6 Å². The van der Waals surface area contributed by atoms with Gasteiger partial charge in [0.1, 0.15) is 5.75 Å². The highest BCUT2D eigenvalue weighted by Crippen LogP contribution is 2.29. The molecule has 0 aliphatic heterocycles. The monoisotopic (exact) mass is 343 g/mol. The lowest BCUT2D eigenvalue weighted by atomic mass is 10.1. The molecule has 0 aliphatic carbocycles. The van der Waals surface area contributed by atoms with Crippen molar-refractivity contribution >= 4 is 23.3 Å². The van der Waals surface area contributed by atoms with Crippen molar-refractivity contribution in [2.24, 2.45) is 0 Å². The number of nitrogens with one attached hydrogen (secondary N) is 1. The van der Waals surface area contributed by atoms with Crippen molar-refractivity contribution in [3.8, 4) is 17.0 Å². The van der Waals surface area contributed by atoms with Gasteiger partial charge in [0.2, 0.25) is 5.82 Å². The minimum atomic E-state index is -0.386. The Morgan fingerprint density at radius 2 is 2.00 bits per heavy atom. The molecule has 3 rings (SSSR count). The molecule has 0 bridgehead atoms. The van der Waals surface area contributed by atoms with E-state index < -0.39 is 0 Å². The third kappa shape index (κ3) is 3.09. The largest absolute Gasteiger partial charge is 0.496 e. The number of ether oxygens (including phenoxy) is 1. The minimum Gasteiger partial charge on any atom is -0.496 e. The lowest BCUT2D eigenvalue weighted by Crippen LogP contribution is -2.13. The van der Waals surface area contributed by atoms with Crippen molar-refractivity contribution in [1.82, 2.24) is 10.3 Å². The average Bonchev–Trinajstić information content (AvgIpc) is 3.03. The predicted octanol–water partition coefficient (Wildman–Crippen LogP) is 3.96. The zero-order valence-corrected chi connectivity index (χ0v) is 13.8. The molecular weight excluding hydrogens is 330 g/mol. The van der Waals surface area contributed by atoms with Crippen LogP contribution in [0, 0.1) is 6.92 Å². The number of methoxy groups -OCH3 is 1. The van der Waals surface area contributed by atoms with Crippen LogP contribution in [0.2, 0.25) is 5.02 Å². The van der Waals surface area contributed by atoms with Gasteiger partial charge in [-0.2, -0.15) is 0 Å². The fourth-order valence-corrected chi connectivity index (χ4v) is 2.53. The number of rotatable bonds is 4. The van der Waals surface area contributed by atoms with Gasteiger partial charge in [-0.05, 0) is 53.1 Å². The summed E-state index contributed by atoms with van der Waals surface area (Å²) >= 11 is 6.04. The van der Waals surface area contributed by atoms with E-state index >= 15 is 0 Å². The molecule has 0 radical (unpaired) electrons. The van der Waals surface area contributed by atoms with E-state index in [1.807, 2.05) is 25.1 Å². The summed E-state index contributed by atoms with van der Waals surface area (Å²) in [5.41, 5.74) is 2.46. The Morgan fingerprint density at radius 3 is 2.71 bits per heavy atom. The molecule has 1 amide bonds. The van der Waals surface area contributed by atoms with E-state index in [0.717, 1.165) is 16.9 Å². The van der Waals surface area contributed by atoms with Gasteiger partial charge >= 0.3 is 0 Å². The molecule has 1 aromatic heterocycles. The SMILES string of the molecule is COc1ccc(-c2nonc2NC(=O)c2ccccc2Cl)cc1C. The number of aryl methyl sites for hydroxylation is 1. The van der Waals surface area contributed by atoms with Gasteiger partial charge in [-0.1, -0.05) is 23.7 Å². The number of hydrogen-bond acceptors (Lipinski definition) is 5. The van der Waals surface area contributed by atoms with Crippen LogP contribution in [0.3, 0.4) is 0 Å². The molecule has 0 spiro atoms. The number of benzene rings is 2. The van der Waals surface area contributed by atoms with Gasteiger partial charge in [0, 0.05) is 5.56 Å². The van der Waals surface area contributed by atoms with Gasteiger partial charge in [-0.15, -0.1) is 0 Å². The van der Waals surface area contributed by atoms with Crippen LogP contribution in [0.4, 0.5) is 5.82 Å². The van der Waals surface area contributed by atoms with Crippen molar-refractivity contribution in [3.05, 3.63) is 58.6 Å². The van der Waals surface area contributed by atoms with E-state index in [4.69, 9.17) is 21.0 Å². The van der Waals surface area contributed by atoms with Gasteiger partial charge in [0.15, 0.2) is 5.69 Å². The van der Waals surface area contributed by atoms with Crippen LogP contribution in [0.25, 0.3) is 11.3 Å². The first kappa shape index (κ1) is 16.0. The molecule has 0 unspecified atom stereocenters. The molecule has 6 nitrogen and oxygen atoms in total. The molecule has 122 valence electrons. The lowest BCUT2D eigenvalue weighted by molar-refractivity contribution is 0.102. The quantitative estimate of drug-likeness (QED) is 0.775. The minimum absolute atomic E-state index is 0.226. The van der Waals surface area contributed by atoms with Crippen LogP contribution in [0.5, 0.6) is 5.75 Å². The molecule has 0 atom stereocenters.